The number of aromatic nitrogens is 4. The molecule has 0 bridgehead atoms. The van der Waals surface area contributed by atoms with E-state index in [9.17, 15) is 9.59 Å². The largest absolute Gasteiger partial charge is 0.481 e. The molecule has 2 unspecified atom stereocenters. The first-order chi connectivity index (χ1) is 10.4. The maximum atomic E-state index is 12.3. The van der Waals surface area contributed by atoms with Crippen LogP contribution < -0.4 is 5.73 Å². The quantitative estimate of drug-likeness (QED) is 0.747. The molecule has 3 N–H and O–H groups in total. The zero-order chi connectivity index (χ0) is 16.3. The lowest BCUT2D eigenvalue weighted by Crippen LogP contribution is -2.27. The van der Waals surface area contributed by atoms with E-state index in [2.05, 4.69) is 15.0 Å². The first kappa shape index (κ1) is 15.7. The van der Waals surface area contributed by atoms with Crippen molar-refractivity contribution in [2.45, 2.75) is 38.8 Å². The normalized spacial score (nSPS) is 13.7. The number of carboxylic acid groups (broad SMARTS) is 1. The van der Waals surface area contributed by atoms with E-state index in [1.165, 1.54) is 17.2 Å². The second-order valence-electron chi connectivity index (χ2n) is 4.85. The number of ether oxygens (including phenoxy) is 1. The predicted octanol–water partition coefficient (Wildman–Crippen LogP) is 0.766. The van der Waals surface area contributed by atoms with Crippen molar-refractivity contribution in [3.63, 3.8) is 0 Å². The zero-order valence-corrected chi connectivity index (χ0v) is 12.3. The van der Waals surface area contributed by atoms with Crippen molar-refractivity contribution in [3.8, 4) is 0 Å². The Balaban J connectivity index is 2.41. The number of nitrogens with two attached hydrogens (primary N) is 1. The van der Waals surface area contributed by atoms with Gasteiger partial charge in [0.15, 0.2) is 11.5 Å². The van der Waals surface area contributed by atoms with Crippen LogP contribution in [0.3, 0.4) is 0 Å². The molecule has 2 atom stereocenters. The van der Waals surface area contributed by atoms with Crippen LogP contribution in [0.4, 0.5) is 5.82 Å². The molecule has 2 heterocycles. The van der Waals surface area contributed by atoms with Gasteiger partial charge in [0.25, 0.3) is 0 Å². The van der Waals surface area contributed by atoms with E-state index in [0.29, 0.717) is 17.6 Å². The summed E-state index contributed by atoms with van der Waals surface area (Å²) in [7, 11) is 0. The molecule has 118 valence electrons. The van der Waals surface area contributed by atoms with Crippen molar-refractivity contribution >= 4 is 28.9 Å². The lowest BCUT2D eigenvalue weighted by atomic mass is 10.2. The van der Waals surface area contributed by atoms with Gasteiger partial charge in [-0.05, 0) is 13.3 Å². The van der Waals surface area contributed by atoms with Crippen LogP contribution in [0.15, 0.2) is 12.7 Å². The average Bonchev–Trinajstić information content (AvgIpc) is 2.89. The Labute approximate surface area is 126 Å². The molecular formula is C13H17N5O4. The number of nitrogen functional groups attached to an aromatic ring is 1. The summed E-state index contributed by atoms with van der Waals surface area (Å²) in [5.74, 6) is -1.61. The summed E-state index contributed by atoms with van der Waals surface area (Å²) in [5.41, 5.74) is 6.30. The molecule has 0 aromatic carbocycles. The molecule has 0 spiro atoms. The number of hydrogen-bond acceptors (Lipinski definition) is 7. The molecule has 0 aliphatic heterocycles. The van der Waals surface area contributed by atoms with Crippen molar-refractivity contribution < 1.29 is 19.4 Å². The minimum atomic E-state index is -1.13. The van der Waals surface area contributed by atoms with Gasteiger partial charge >= 0.3 is 11.9 Å². The number of carbonyl (C=O) groups excluding carboxylic acids is 1. The highest BCUT2D eigenvalue weighted by Gasteiger charge is 2.28. The van der Waals surface area contributed by atoms with Crippen molar-refractivity contribution in [2.24, 2.45) is 0 Å². The molecule has 9 nitrogen and oxygen atoms in total. The number of aliphatic carboxylic acids is 1. The van der Waals surface area contributed by atoms with E-state index in [-0.39, 0.29) is 11.9 Å². The summed E-state index contributed by atoms with van der Waals surface area (Å²) in [6.07, 6.45) is 2.43. The Morgan fingerprint density at radius 1 is 1.41 bits per heavy atom. The zero-order valence-electron chi connectivity index (χ0n) is 12.3. The number of rotatable bonds is 6. The molecule has 2 aromatic heterocycles. The molecule has 2 aromatic rings. The van der Waals surface area contributed by atoms with Gasteiger partial charge in [-0.1, -0.05) is 6.92 Å². The lowest BCUT2D eigenvalue weighted by Gasteiger charge is -2.18. The van der Waals surface area contributed by atoms with E-state index in [4.69, 9.17) is 15.6 Å². The summed E-state index contributed by atoms with van der Waals surface area (Å²) in [5, 5.41) is 9.05. The van der Waals surface area contributed by atoms with Gasteiger partial charge in [0.1, 0.15) is 17.9 Å². The van der Waals surface area contributed by atoms with Crippen LogP contribution in [-0.4, -0.2) is 42.7 Å². The van der Waals surface area contributed by atoms with Crippen LogP contribution in [0.5, 0.6) is 0 Å². The Morgan fingerprint density at radius 3 is 2.77 bits per heavy atom. The number of carboxylic acids is 1. The van der Waals surface area contributed by atoms with Crippen LogP contribution in [0.2, 0.25) is 0 Å². The van der Waals surface area contributed by atoms with E-state index < -0.39 is 24.4 Å². The van der Waals surface area contributed by atoms with Gasteiger partial charge in [-0.2, -0.15) is 0 Å². The second-order valence-corrected chi connectivity index (χ2v) is 4.85. The van der Waals surface area contributed by atoms with Crippen LogP contribution in [-0.2, 0) is 14.3 Å². The molecule has 22 heavy (non-hydrogen) atoms. The standard InChI is InChI=1S/C13H17N5O4/c1-3-7(2)22-13(21)8(4-9(19)20)18-6-17-10-11(14)15-5-16-12(10)18/h5-8H,3-4H2,1-2H3,(H,19,20)(H2,14,15,16). The summed E-state index contributed by atoms with van der Waals surface area (Å²) < 4.78 is 6.59. The monoisotopic (exact) mass is 307 g/mol. The minimum absolute atomic E-state index is 0.160. The smallest absolute Gasteiger partial charge is 0.330 e. The summed E-state index contributed by atoms with van der Waals surface area (Å²) in [4.78, 5) is 35.2. The number of hydrogen-bond donors (Lipinski definition) is 2. The maximum absolute atomic E-state index is 12.3. The highest BCUT2D eigenvalue weighted by atomic mass is 16.5. The van der Waals surface area contributed by atoms with Gasteiger partial charge in [-0.15, -0.1) is 0 Å². The molecule has 0 fully saturated rings. The number of esters is 1. The van der Waals surface area contributed by atoms with Crippen LogP contribution >= 0.6 is 0 Å². The Morgan fingerprint density at radius 2 is 2.14 bits per heavy atom. The third-order valence-corrected chi connectivity index (χ3v) is 3.26. The summed E-state index contributed by atoms with van der Waals surface area (Å²) >= 11 is 0. The highest BCUT2D eigenvalue weighted by Crippen LogP contribution is 2.22. The number of imidazole rings is 1. The molecular weight excluding hydrogens is 290 g/mol. The number of nitrogens with zero attached hydrogens (tertiary/aromatic N) is 4. The summed E-state index contributed by atoms with van der Waals surface area (Å²) in [6, 6.07) is -1.06. The van der Waals surface area contributed by atoms with Crippen molar-refractivity contribution in [1.82, 2.24) is 19.5 Å². The molecule has 0 saturated heterocycles. The molecule has 2 rings (SSSR count). The molecule has 0 saturated carbocycles. The average molecular weight is 307 g/mol. The second kappa shape index (κ2) is 6.37. The first-order valence-electron chi connectivity index (χ1n) is 6.79. The van der Waals surface area contributed by atoms with Crippen molar-refractivity contribution in [1.29, 1.82) is 0 Å². The Hall–Kier alpha value is -2.71. The maximum Gasteiger partial charge on any atom is 0.330 e. The van der Waals surface area contributed by atoms with Crippen LogP contribution in [0.1, 0.15) is 32.7 Å². The van der Waals surface area contributed by atoms with E-state index in [0.717, 1.165) is 0 Å². The Kier molecular flexibility index (Phi) is 4.54. The van der Waals surface area contributed by atoms with Gasteiger partial charge in [0, 0.05) is 0 Å². The van der Waals surface area contributed by atoms with Crippen molar-refractivity contribution in [3.05, 3.63) is 12.7 Å². The number of anilines is 1. The molecule has 0 amide bonds. The van der Waals surface area contributed by atoms with E-state index in [1.54, 1.807) is 6.92 Å². The number of fused-ring (bicyclic) bond motifs is 1. The predicted molar refractivity (Wildman–Crippen MR) is 76.9 cm³/mol. The third kappa shape index (κ3) is 3.13. The fraction of sp³-hybridized carbons (Fsp3) is 0.462. The van der Waals surface area contributed by atoms with Crippen molar-refractivity contribution in [2.75, 3.05) is 5.73 Å². The topological polar surface area (TPSA) is 133 Å². The highest BCUT2D eigenvalue weighted by molar-refractivity contribution is 5.85. The first-order valence-corrected chi connectivity index (χ1v) is 6.79. The SMILES string of the molecule is CCC(C)OC(=O)C(CC(=O)O)n1cnc2c(N)ncnc21. The van der Waals surface area contributed by atoms with Crippen LogP contribution in [0, 0.1) is 0 Å². The molecule has 9 heteroatoms. The van der Waals surface area contributed by atoms with E-state index >= 15 is 0 Å². The minimum Gasteiger partial charge on any atom is -0.481 e. The van der Waals surface area contributed by atoms with Crippen LogP contribution in [0.25, 0.3) is 11.2 Å². The van der Waals surface area contributed by atoms with Gasteiger partial charge in [0.2, 0.25) is 0 Å². The van der Waals surface area contributed by atoms with Gasteiger partial charge < -0.3 is 20.1 Å². The van der Waals surface area contributed by atoms with Gasteiger partial charge in [-0.25, -0.2) is 19.7 Å². The lowest BCUT2D eigenvalue weighted by molar-refractivity contribution is -0.156. The van der Waals surface area contributed by atoms with E-state index in [1.807, 2.05) is 6.92 Å². The fourth-order valence-electron chi connectivity index (χ4n) is 1.92. The molecule has 0 radical (unpaired) electrons. The molecule has 0 aliphatic carbocycles. The Bertz CT molecular complexity index is 699. The van der Waals surface area contributed by atoms with Gasteiger partial charge in [0.05, 0.1) is 18.9 Å². The fourth-order valence-corrected chi connectivity index (χ4v) is 1.92. The van der Waals surface area contributed by atoms with Gasteiger partial charge in [-0.3, -0.25) is 4.79 Å². The third-order valence-electron chi connectivity index (χ3n) is 3.26. The summed E-state index contributed by atoms with van der Waals surface area (Å²) in [6.45, 7) is 3.60. The molecule has 0 aliphatic rings. The number of carbonyl (C=O) groups is 2.